The van der Waals surface area contributed by atoms with Gasteiger partial charge in [0.25, 0.3) is 0 Å². The van der Waals surface area contributed by atoms with E-state index in [9.17, 15) is 0 Å². The number of rotatable bonds is 3. The van der Waals surface area contributed by atoms with E-state index in [4.69, 9.17) is 0 Å². The molecule has 0 unspecified atom stereocenters. The van der Waals surface area contributed by atoms with E-state index in [0.29, 0.717) is 0 Å². The van der Waals surface area contributed by atoms with Gasteiger partial charge >= 0.3 is 0 Å². The van der Waals surface area contributed by atoms with E-state index in [1.165, 1.54) is 12.8 Å². The molecule has 0 bridgehead atoms. The summed E-state index contributed by atoms with van der Waals surface area (Å²) in [6.07, 6.45) is 6.28. The van der Waals surface area contributed by atoms with Gasteiger partial charge in [-0.2, -0.15) is 0 Å². The van der Waals surface area contributed by atoms with E-state index in [1.807, 2.05) is 19.4 Å². The average Bonchev–Trinajstić information content (AvgIpc) is 2.32. The molecular weight excluding hydrogens is 200 g/mol. The number of piperidine rings is 1. The van der Waals surface area contributed by atoms with E-state index >= 15 is 0 Å². The summed E-state index contributed by atoms with van der Waals surface area (Å²) in [5, 5.41) is 3.07. The molecule has 1 aliphatic rings. The predicted molar refractivity (Wildman–Crippen MR) is 65.4 cm³/mol. The van der Waals surface area contributed by atoms with Crippen molar-refractivity contribution in [3.63, 3.8) is 0 Å². The smallest absolute Gasteiger partial charge is 0.147 e. The van der Waals surface area contributed by atoms with Gasteiger partial charge in [-0.1, -0.05) is 6.92 Å². The highest BCUT2D eigenvalue weighted by molar-refractivity contribution is 5.36. The standard InChI is InChI=1S/C12H20N4/c1-10-3-5-16(6-4-10)12-9-14-11(7-13-2)8-15-12/h8-10,13H,3-7H2,1-2H3. The molecule has 0 saturated carbocycles. The summed E-state index contributed by atoms with van der Waals surface area (Å²) in [7, 11) is 1.92. The molecule has 2 rings (SSSR count). The lowest BCUT2D eigenvalue weighted by molar-refractivity contribution is 0.436. The fraction of sp³-hybridized carbons (Fsp3) is 0.667. The molecule has 0 radical (unpaired) electrons. The maximum Gasteiger partial charge on any atom is 0.147 e. The Kier molecular flexibility index (Phi) is 3.72. The molecule has 0 amide bonds. The Bertz CT molecular complexity index is 314. The van der Waals surface area contributed by atoms with E-state index in [0.717, 1.165) is 37.1 Å². The van der Waals surface area contributed by atoms with Crippen LogP contribution >= 0.6 is 0 Å². The van der Waals surface area contributed by atoms with E-state index < -0.39 is 0 Å². The minimum Gasteiger partial charge on any atom is -0.355 e. The zero-order chi connectivity index (χ0) is 11.4. The molecule has 88 valence electrons. The van der Waals surface area contributed by atoms with Crippen LogP contribution in [0, 0.1) is 5.92 Å². The first-order chi connectivity index (χ1) is 7.79. The minimum absolute atomic E-state index is 0.782. The quantitative estimate of drug-likeness (QED) is 0.836. The Labute approximate surface area is 97.1 Å². The van der Waals surface area contributed by atoms with Gasteiger partial charge < -0.3 is 10.2 Å². The van der Waals surface area contributed by atoms with Gasteiger partial charge in [0.1, 0.15) is 5.82 Å². The second kappa shape index (κ2) is 5.25. The molecule has 1 aromatic rings. The fourth-order valence-corrected chi connectivity index (χ4v) is 2.02. The highest BCUT2D eigenvalue weighted by Crippen LogP contribution is 2.20. The lowest BCUT2D eigenvalue weighted by Crippen LogP contribution is -2.33. The van der Waals surface area contributed by atoms with Crippen molar-refractivity contribution < 1.29 is 0 Å². The van der Waals surface area contributed by atoms with Crippen LogP contribution in [0.5, 0.6) is 0 Å². The maximum absolute atomic E-state index is 4.47. The molecule has 4 nitrogen and oxygen atoms in total. The summed E-state index contributed by atoms with van der Waals surface area (Å²) >= 11 is 0. The molecule has 1 aliphatic heterocycles. The number of anilines is 1. The van der Waals surface area contributed by atoms with Gasteiger partial charge in [0.15, 0.2) is 0 Å². The number of nitrogens with zero attached hydrogens (tertiary/aromatic N) is 3. The Morgan fingerprint density at radius 3 is 2.62 bits per heavy atom. The Hall–Kier alpha value is -1.16. The van der Waals surface area contributed by atoms with Gasteiger partial charge in [-0.25, -0.2) is 4.98 Å². The van der Waals surface area contributed by atoms with Crippen molar-refractivity contribution in [2.24, 2.45) is 5.92 Å². The third-order valence-electron chi connectivity index (χ3n) is 3.16. The van der Waals surface area contributed by atoms with Crippen molar-refractivity contribution in [1.82, 2.24) is 15.3 Å². The Morgan fingerprint density at radius 2 is 2.06 bits per heavy atom. The van der Waals surface area contributed by atoms with Crippen molar-refractivity contribution in [2.75, 3.05) is 25.0 Å². The summed E-state index contributed by atoms with van der Waals surface area (Å²) in [4.78, 5) is 11.2. The molecule has 1 saturated heterocycles. The Balaban J connectivity index is 1.98. The summed E-state index contributed by atoms with van der Waals surface area (Å²) in [5.74, 6) is 1.87. The highest BCUT2D eigenvalue weighted by Gasteiger charge is 2.16. The second-order valence-corrected chi connectivity index (χ2v) is 4.57. The molecule has 16 heavy (non-hydrogen) atoms. The summed E-state index contributed by atoms with van der Waals surface area (Å²) in [6, 6.07) is 0. The van der Waals surface area contributed by atoms with Crippen LogP contribution in [0.3, 0.4) is 0 Å². The summed E-state index contributed by atoms with van der Waals surface area (Å²) in [5.41, 5.74) is 0.997. The first kappa shape index (κ1) is 11.3. The largest absolute Gasteiger partial charge is 0.355 e. The van der Waals surface area contributed by atoms with Gasteiger partial charge in [-0.05, 0) is 25.8 Å². The molecule has 1 aromatic heterocycles. The van der Waals surface area contributed by atoms with Gasteiger partial charge in [-0.3, -0.25) is 4.98 Å². The van der Waals surface area contributed by atoms with E-state index in [1.54, 1.807) is 0 Å². The van der Waals surface area contributed by atoms with Crippen LogP contribution in [0.2, 0.25) is 0 Å². The van der Waals surface area contributed by atoms with Gasteiger partial charge in [-0.15, -0.1) is 0 Å². The number of hydrogen-bond acceptors (Lipinski definition) is 4. The molecule has 0 aliphatic carbocycles. The lowest BCUT2D eigenvalue weighted by atomic mass is 9.99. The zero-order valence-corrected chi connectivity index (χ0v) is 10.1. The maximum atomic E-state index is 4.47. The van der Waals surface area contributed by atoms with Crippen LogP contribution < -0.4 is 10.2 Å². The number of nitrogens with one attached hydrogen (secondary N) is 1. The molecule has 2 heterocycles. The van der Waals surface area contributed by atoms with Crippen LogP contribution in [-0.2, 0) is 6.54 Å². The van der Waals surface area contributed by atoms with E-state index in [-0.39, 0.29) is 0 Å². The van der Waals surface area contributed by atoms with Crippen molar-refractivity contribution >= 4 is 5.82 Å². The van der Waals surface area contributed by atoms with Crippen LogP contribution in [0.15, 0.2) is 12.4 Å². The lowest BCUT2D eigenvalue weighted by Gasteiger charge is -2.30. The van der Waals surface area contributed by atoms with Gasteiger partial charge in [0.05, 0.1) is 18.1 Å². The van der Waals surface area contributed by atoms with Crippen molar-refractivity contribution in [2.45, 2.75) is 26.3 Å². The van der Waals surface area contributed by atoms with Crippen molar-refractivity contribution in [3.05, 3.63) is 18.1 Å². The summed E-state index contributed by atoms with van der Waals surface area (Å²) in [6.45, 7) is 5.33. The molecule has 0 spiro atoms. The van der Waals surface area contributed by atoms with Crippen LogP contribution in [0.4, 0.5) is 5.82 Å². The fourth-order valence-electron chi connectivity index (χ4n) is 2.02. The monoisotopic (exact) mass is 220 g/mol. The topological polar surface area (TPSA) is 41.1 Å². The van der Waals surface area contributed by atoms with Crippen molar-refractivity contribution in [3.8, 4) is 0 Å². The molecular formula is C12H20N4. The molecule has 0 aromatic carbocycles. The van der Waals surface area contributed by atoms with E-state index in [2.05, 4.69) is 27.1 Å². The first-order valence-electron chi connectivity index (χ1n) is 6.00. The Morgan fingerprint density at radius 1 is 1.31 bits per heavy atom. The molecule has 1 fully saturated rings. The predicted octanol–water partition coefficient (Wildman–Crippen LogP) is 1.43. The minimum atomic E-state index is 0.782. The first-order valence-corrected chi connectivity index (χ1v) is 6.00. The number of hydrogen-bond donors (Lipinski definition) is 1. The van der Waals surface area contributed by atoms with Crippen LogP contribution in [0.25, 0.3) is 0 Å². The van der Waals surface area contributed by atoms with Gasteiger partial charge in [0.2, 0.25) is 0 Å². The second-order valence-electron chi connectivity index (χ2n) is 4.57. The molecule has 4 heteroatoms. The molecule has 0 atom stereocenters. The normalized spacial score (nSPS) is 17.8. The zero-order valence-electron chi connectivity index (χ0n) is 10.1. The van der Waals surface area contributed by atoms with Crippen LogP contribution in [-0.4, -0.2) is 30.1 Å². The van der Waals surface area contributed by atoms with Crippen LogP contribution in [0.1, 0.15) is 25.5 Å². The average molecular weight is 220 g/mol. The summed E-state index contributed by atoms with van der Waals surface area (Å²) < 4.78 is 0. The van der Waals surface area contributed by atoms with Crippen molar-refractivity contribution in [1.29, 1.82) is 0 Å². The SMILES string of the molecule is CNCc1cnc(N2CCC(C)CC2)cn1. The molecule has 1 N–H and O–H groups in total. The third kappa shape index (κ3) is 2.70. The number of aromatic nitrogens is 2. The highest BCUT2D eigenvalue weighted by atomic mass is 15.2. The third-order valence-corrected chi connectivity index (χ3v) is 3.16. The van der Waals surface area contributed by atoms with Gasteiger partial charge in [0, 0.05) is 19.6 Å².